The van der Waals surface area contributed by atoms with Crippen molar-refractivity contribution in [3.05, 3.63) is 96.7 Å². The summed E-state index contributed by atoms with van der Waals surface area (Å²) in [7, 11) is 3.39. The molecule has 0 N–H and O–H groups in total. The van der Waals surface area contributed by atoms with Crippen molar-refractivity contribution in [1.29, 1.82) is 0 Å². The molecule has 0 spiro atoms. The van der Waals surface area contributed by atoms with E-state index < -0.39 is 0 Å². The zero-order valence-corrected chi connectivity index (χ0v) is 21.9. The van der Waals surface area contributed by atoms with Gasteiger partial charge in [-0.15, -0.1) is 0 Å². The predicted octanol–water partition coefficient (Wildman–Crippen LogP) is 7.76. The summed E-state index contributed by atoms with van der Waals surface area (Å²) in [5.74, 6) is 2.09. The molecule has 1 unspecified atom stereocenters. The first kappa shape index (κ1) is 23.9. The summed E-state index contributed by atoms with van der Waals surface area (Å²) in [6, 6.07) is 30.0. The number of rotatable bonds is 7. The number of nitrogens with zero attached hydrogens (tertiary/aromatic N) is 2. The van der Waals surface area contributed by atoms with Gasteiger partial charge in [-0.1, -0.05) is 26.8 Å². The maximum absolute atomic E-state index is 5.42. The van der Waals surface area contributed by atoms with Crippen LogP contribution < -0.4 is 18.9 Å². The van der Waals surface area contributed by atoms with E-state index >= 15 is 0 Å². The van der Waals surface area contributed by atoms with Crippen LogP contribution in [0.2, 0.25) is 0 Å². The van der Waals surface area contributed by atoms with Crippen molar-refractivity contribution >= 4 is 17.1 Å². The number of hydrogen-bond acceptors (Lipinski definition) is 3. The Kier molecular flexibility index (Phi) is 6.44. The topological polar surface area (TPSA) is 25.6 Å². The summed E-state index contributed by atoms with van der Waals surface area (Å²) >= 11 is 0. The Bertz CT molecular complexity index is 1290. The smallest absolute Gasteiger partial charge is 0.213 e. The monoisotopic (exact) mass is 479 g/mol. The normalized spacial score (nSPS) is 15.5. The number of ether oxygens (including phenoxy) is 2. The molecule has 36 heavy (non-hydrogen) atoms. The molecule has 0 aliphatic carbocycles. The Hall–Kier alpha value is -3.79. The first-order valence-corrected chi connectivity index (χ1v) is 12.8. The van der Waals surface area contributed by atoms with Gasteiger partial charge < -0.3 is 14.4 Å². The Morgan fingerprint density at radius 2 is 1.31 bits per heavy atom. The molecule has 0 bridgehead atoms. The second-order valence-electron chi connectivity index (χ2n) is 9.49. The number of hydrogen-bond donors (Lipinski definition) is 0. The average Bonchev–Trinajstić information content (AvgIpc) is 2.95. The summed E-state index contributed by atoms with van der Waals surface area (Å²) in [6.07, 6.45) is 4.45. The summed E-state index contributed by atoms with van der Waals surface area (Å²) in [5.41, 5.74) is 7.33. The van der Waals surface area contributed by atoms with Gasteiger partial charge in [-0.25, -0.2) is 0 Å². The fraction of sp³-hybridized carbons (Fsp3) is 0.281. The molecule has 5 rings (SSSR count). The third kappa shape index (κ3) is 3.81. The Balaban J connectivity index is 1.69. The van der Waals surface area contributed by atoms with Crippen LogP contribution in [0.1, 0.15) is 45.1 Å². The number of aromatic nitrogens is 1. The van der Waals surface area contributed by atoms with Gasteiger partial charge in [0.05, 0.1) is 19.8 Å². The number of fused-ring (bicyclic) bond motifs is 3. The Labute approximate surface area is 214 Å². The van der Waals surface area contributed by atoms with Gasteiger partial charge in [-0.05, 0) is 72.3 Å². The number of methoxy groups -OCH3 is 2. The molecule has 4 aromatic rings. The molecule has 4 nitrogen and oxygen atoms in total. The van der Waals surface area contributed by atoms with Gasteiger partial charge in [0, 0.05) is 48.0 Å². The highest BCUT2D eigenvalue weighted by molar-refractivity contribution is 5.80. The highest BCUT2D eigenvalue weighted by Gasteiger charge is 2.48. The van der Waals surface area contributed by atoms with Crippen LogP contribution in [0.25, 0.3) is 11.3 Å². The minimum absolute atomic E-state index is 0.0801. The fourth-order valence-corrected chi connectivity index (χ4v) is 5.94. The summed E-state index contributed by atoms with van der Waals surface area (Å²) in [5, 5.41) is 0. The molecule has 2 heterocycles. The van der Waals surface area contributed by atoms with Crippen molar-refractivity contribution in [3.8, 4) is 22.8 Å². The Morgan fingerprint density at radius 1 is 0.750 bits per heavy atom. The van der Waals surface area contributed by atoms with Gasteiger partial charge in [0.2, 0.25) is 5.69 Å². The number of anilines is 3. The van der Waals surface area contributed by atoms with Crippen molar-refractivity contribution in [2.75, 3.05) is 19.1 Å². The Morgan fingerprint density at radius 3 is 1.83 bits per heavy atom. The fourth-order valence-electron chi connectivity index (χ4n) is 5.94. The molecule has 0 saturated carbocycles. The molecule has 184 valence electrons. The van der Waals surface area contributed by atoms with E-state index in [9.17, 15) is 0 Å². The second-order valence-corrected chi connectivity index (χ2v) is 9.49. The lowest BCUT2D eigenvalue weighted by molar-refractivity contribution is -0.762. The molecule has 1 aliphatic heterocycles. The van der Waals surface area contributed by atoms with E-state index in [0.717, 1.165) is 41.4 Å². The lowest BCUT2D eigenvalue weighted by Crippen LogP contribution is -2.61. The van der Waals surface area contributed by atoms with Gasteiger partial charge in [-0.2, -0.15) is 4.57 Å². The van der Waals surface area contributed by atoms with E-state index in [-0.39, 0.29) is 5.54 Å². The SMILES string of the molecule is CCC1(CC)C(C)c2ccc(N(c3ccc(OC)cc3)c3ccc(OC)cc3)cc2-c2cccc[n+]21. The van der Waals surface area contributed by atoms with Crippen molar-refractivity contribution < 1.29 is 14.0 Å². The minimum atomic E-state index is 0.0801. The van der Waals surface area contributed by atoms with Gasteiger partial charge in [-0.3, -0.25) is 0 Å². The van der Waals surface area contributed by atoms with Gasteiger partial charge >= 0.3 is 0 Å². The lowest BCUT2D eigenvalue weighted by atomic mass is 9.71. The molecule has 1 aliphatic rings. The molecule has 3 aromatic carbocycles. The largest absolute Gasteiger partial charge is 0.497 e. The van der Waals surface area contributed by atoms with Crippen LogP contribution in [0.4, 0.5) is 17.1 Å². The van der Waals surface area contributed by atoms with Crippen LogP contribution >= 0.6 is 0 Å². The summed E-state index contributed by atoms with van der Waals surface area (Å²) < 4.78 is 13.4. The summed E-state index contributed by atoms with van der Waals surface area (Å²) in [6.45, 7) is 7.02. The maximum Gasteiger partial charge on any atom is 0.213 e. The zero-order valence-electron chi connectivity index (χ0n) is 21.9. The molecule has 1 aromatic heterocycles. The van der Waals surface area contributed by atoms with E-state index in [0.29, 0.717) is 5.92 Å². The van der Waals surface area contributed by atoms with Crippen LogP contribution in [-0.2, 0) is 5.54 Å². The van der Waals surface area contributed by atoms with Crippen molar-refractivity contribution in [2.45, 2.75) is 45.1 Å². The first-order chi connectivity index (χ1) is 17.6. The van der Waals surface area contributed by atoms with Crippen LogP contribution in [0.15, 0.2) is 91.1 Å². The van der Waals surface area contributed by atoms with Gasteiger partial charge in [0.15, 0.2) is 11.7 Å². The van der Waals surface area contributed by atoms with E-state index in [1.165, 1.54) is 16.8 Å². The number of benzene rings is 3. The van der Waals surface area contributed by atoms with E-state index in [2.05, 4.69) is 97.1 Å². The van der Waals surface area contributed by atoms with Crippen molar-refractivity contribution in [3.63, 3.8) is 0 Å². The average molecular weight is 480 g/mol. The molecule has 0 fully saturated rings. The van der Waals surface area contributed by atoms with Crippen LogP contribution in [0.3, 0.4) is 0 Å². The quantitative estimate of drug-likeness (QED) is 0.253. The molecule has 0 saturated heterocycles. The molecular formula is C32H35N2O2+. The highest BCUT2D eigenvalue weighted by atomic mass is 16.5. The van der Waals surface area contributed by atoms with Crippen molar-refractivity contribution in [2.24, 2.45) is 0 Å². The third-order valence-corrected chi connectivity index (χ3v) is 8.07. The van der Waals surface area contributed by atoms with E-state index in [1.54, 1.807) is 14.2 Å². The van der Waals surface area contributed by atoms with Crippen molar-refractivity contribution in [1.82, 2.24) is 0 Å². The third-order valence-electron chi connectivity index (χ3n) is 8.07. The maximum atomic E-state index is 5.42. The highest BCUT2D eigenvalue weighted by Crippen LogP contribution is 2.47. The zero-order chi connectivity index (χ0) is 25.3. The van der Waals surface area contributed by atoms with Gasteiger partial charge in [0.1, 0.15) is 11.5 Å². The minimum Gasteiger partial charge on any atom is -0.497 e. The summed E-state index contributed by atoms with van der Waals surface area (Å²) in [4.78, 5) is 2.29. The van der Waals surface area contributed by atoms with Gasteiger partial charge in [0.25, 0.3) is 0 Å². The van der Waals surface area contributed by atoms with Crippen LogP contribution in [0.5, 0.6) is 11.5 Å². The van der Waals surface area contributed by atoms with Crippen LogP contribution in [0, 0.1) is 0 Å². The molecular weight excluding hydrogens is 444 g/mol. The predicted molar refractivity (Wildman–Crippen MR) is 147 cm³/mol. The lowest BCUT2D eigenvalue weighted by Gasteiger charge is -2.38. The standard InChI is InChI=1S/C32H35N2O2/c1-6-32(7-2)23(3)29-20-15-26(22-30(29)31-10-8-9-21-33(31)32)34(24-11-16-27(35-4)17-12-24)25-13-18-28(36-5)19-14-25/h8-23H,6-7H2,1-5H3/q+1. The van der Waals surface area contributed by atoms with E-state index in [4.69, 9.17) is 9.47 Å². The van der Waals surface area contributed by atoms with E-state index in [1.807, 2.05) is 24.3 Å². The second kappa shape index (κ2) is 9.69. The molecule has 0 amide bonds. The number of pyridine rings is 1. The molecule has 1 atom stereocenters. The molecule has 0 radical (unpaired) electrons. The first-order valence-electron chi connectivity index (χ1n) is 12.8. The van der Waals surface area contributed by atoms with Crippen LogP contribution in [-0.4, -0.2) is 14.2 Å². The molecule has 4 heteroatoms.